The highest BCUT2D eigenvalue weighted by atomic mass is 15.0. The Morgan fingerprint density at radius 1 is 1.33 bits per heavy atom. The number of nitrogens with zero attached hydrogens (tertiary/aromatic N) is 3. The van der Waals surface area contributed by atoms with E-state index in [-0.39, 0.29) is 0 Å². The summed E-state index contributed by atoms with van der Waals surface area (Å²) in [4.78, 5) is 11.9. The molecule has 0 atom stereocenters. The minimum Gasteiger partial charge on any atom is -0.340 e. The van der Waals surface area contributed by atoms with Gasteiger partial charge in [-0.1, -0.05) is 6.92 Å². The molecule has 2 heterocycles. The molecule has 2 rings (SSSR count). The fraction of sp³-hybridized carbons (Fsp3) is 0.364. The normalized spacial score (nSPS) is 10.5. The third-order valence-electron chi connectivity index (χ3n) is 2.57. The molecule has 4 heteroatoms. The van der Waals surface area contributed by atoms with Crippen molar-refractivity contribution in [2.75, 3.05) is 0 Å². The quantitative estimate of drug-likeness (QED) is 0.765. The zero-order valence-corrected chi connectivity index (χ0v) is 9.05. The first-order valence-corrected chi connectivity index (χ1v) is 4.93. The molecular weight excluding hydrogens is 188 g/mol. The van der Waals surface area contributed by atoms with E-state index in [4.69, 9.17) is 5.26 Å². The Balaban J connectivity index is 2.83. The summed E-state index contributed by atoms with van der Waals surface area (Å²) in [6.07, 6.45) is 0.844. The summed E-state index contributed by atoms with van der Waals surface area (Å²) in [5, 5.41) is 9.00. The topological polar surface area (TPSA) is 65.4 Å². The second-order valence-corrected chi connectivity index (χ2v) is 3.54. The lowest BCUT2D eigenvalue weighted by atomic mass is 10.1. The number of nitrogens with one attached hydrogen (secondary N) is 1. The van der Waals surface area contributed by atoms with Crippen LogP contribution in [0.3, 0.4) is 0 Å². The van der Waals surface area contributed by atoms with Crippen LogP contribution in [0.4, 0.5) is 0 Å². The number of rotatable bonds is 1. The summed E-state index contributed by atoms with van der Waals surface area (Å²) in [6, 6.07) is 2.17. The van der Waals surface area contributed by atoms with Crippen LogP contribution >= 0.6 is 0 Å². The summed E-state index contributed by atoms with van der Waals surface area (Å²) in [5.41, 5.74) is 3.92. The Kier molecular flexibility index (Phi) is 2.16. The number of pyridine rings is 1. The lowest BCUT2D eigenvalue weighted by Gasteiger charge is -2.00. The molecule has 0 fully saturated rings. The number of hydrogen-bond acceptors (Lipinski definition) is 3. The van der Waals surface area contributed by atoms with Crippen molar-refractivity contribution < 1.29 is 0 Å². The van der Waals surface area contributed by atoms with Crippen molar-refractivity contribution in [1.82, 2.24) is 15.0 Å². The SMILES string of the molecule is CCc1nc2nc(C)c(C#N)c(C)c2[nH]1. The highest BCUT2D eigenvalue weighted by Crippen LogP contribution is 2.20. The van der Waals surface area contributed by atoms with Crippen molar-refractivity contribution in [2.24, 2.45) is 0 Å². The van der Waals surface area contributed by atoms with E-state index in [1.165, 1.54) is 0 Å². The second-order valence-electron chi connectivity index (χ2n) is 3.54. The van der Waals surface area contributed by atoms with Crippen LogP contribution in [-0.2, 0) is 6.42 Å². The molecule has 0 radical (unpaired) electrons. The molecule has 15 heavy (non-hydrogen) atoms. The summed E-state index contributed by atoms with van der Waals surface area (Å²) < 4.78 is 0. The number of aromatic nitrogens is 3. The van der Waals surface area contributed by atoms with E-state index in [0.29, 0.717) is 11.2 Å². The fourth-order valence-corrected chi connectivity index (χ4v) is 1.70. The maximum Gasteiger partial charge on any atom is 0.178 e. The molecule has 0 aliphatic rings. The van der Waals surface area contributed by atoms with Crippen LogP contribution in [-0.4, -0.2) is 15.0 Å². The first-order chi connectivity index (χ1) is 7.17. The van der Waals surface area contributed by atoms with E-state index >= 15 is 0 Å². The number of H-pyrrole nitrogens is 1. The lowest BCUT2D eigenvalue weighted by Crippen LogP contribution is -1.93. The number of hydrogen-bond donors (Lipinski definition) is 1. The Morgan fingerprint density at radius 2 is 2.07 bits per heavy atom. The molecule has 0 saturated carbocycles. The molecule has 0 unspecified atom stereocenters. The third-order valence-corrected chi connectivity index (χ3v) is 2.57. The second kappa shape index (κ2) is 3.35. The minimum absolute atomic E-state index is 0.647. The van der Waals surface area contributed by atoms with Gasteiger partial charge in [0.05, 0.1) is 16.8 Å². The smallest absolute Gasteiger partial charge is 0.178 e. The molecule has 0 amide bonds. The van der Waals surface area contributed by atoms with Gasteiger partial charge in [-0.15, -0.1) is 0 Å². The predicted octanol–water partition coefficient (Wildman–Crippen LogP) is 2.01. The average molecular weight is 200 g/mol. The molecule has 4 nitrogen and oxygen atoms in total. The molecular formula is C11H12N4. The molecule has 2 aromatic rings. The van der Waals surface area contributed by atoms with Crippen molar-refractivity contribution in [1.29, 1.82) is 5.26 Å². The summed E-state index contributed by atoms with van der Waals surface area (Å²) in [7, 11) is 0. The summed E-state index contributed by atoms with van der Waals surface area (Å²) in [6.45, 7) is 5.80. The zero-order valence-electron chi connectivity index (χ0n) is 9.05. The van der Waals surface area contributed by atoms with Crippen LogP contribution in [0, 0.1) is 25.2 Å². The first kappa shape index (κ1) is 9.66. The molecule has 0 aliphatic carbocycles. The third kappa shape index (κ3) is 1.37. The van der Waals surface area contributed by atoms with E-state index in [2.05, 4.69) is 21.0 Å². The fourth-order valence-electron chi connectivity index (χ4n) is 1.70. The van der Waals surface area contributed by atoms with Crippen molar-refractivity contribution in [3.05, 3.63) is 22.6 Å². The van der Waals surface area contributed by atoms with Crippen LogP contribution < -0.4 is 0 Å². The average Bonchev–Trinajstić information content (AvgIpc) is 2.61. The van der Waals surface area contributed by atoms with Gasteiger partial charge < -0.3 is 4.98 Å². The van der Waals surface area contributed by atoms with E-state index in [9.17, 15) is 0 Å². The van der Waals surface area contributed by atoms with Gasteiger partial charge in [0, 0.05) is 6.42 Å². The van der Waals surface area contributed by atoms with Gasteiger partial charge in [-0.25, -0.2) is 9.97 Å². The van der Waals surface area contributed by atoms with E-state index in [1.807, 2.05) is 20.8 Å². The number of aryl methyl sites for hydroxylation is 3. The van der Waals surface area contributed by atoms with Crippen LogP contribution in [0.15, 0.2) is 0 Å². The summed E-state index contributed by atoms with van der Waals surface area (Å²) in [5.74, 6) is 0.912. The molecule has 0 bridgehead atoms. The van der Waals surface area contributed by atoms with Crippen LogP contribution in [0.1, 0.15) is 29.6 Å². The zero-order chi connectivity index (χ0) is 11.0. The number of fused-ring (bicyclic) bond motifs is 1. The largest absolute Gasteiger partial charge is 0.340 e. The lowest BCUT2D eigenvalue weighted by molar-refractivity contribution is 0.996. The van der Waals surface area contributed by atoms with Crippen molar-refractivity contribution >= 4 is 11.2 Å². The molecule has 0 aliphatic heterocycles. The number of aromatic amines is 1. The monoisotopic (exact) mass is 200 g/mol. The Labute approximate surface area is 88.0 Å². The molecule has 0 aromatic carbocycles. The van der Waals surface area contributed by atoms with E-state index in [1.54, 1.807) is 0 Å². The molecule has 0 saturated heterocycles. The van der Waals surface area contributed by atoms with Crippen LogP contribution in [0.5, 0.6) is 0 Å². The molecule has 0 spiro atoms. The first-order valence-electron chi connectivity index (χ1n) is 4.93. The van der Waals surface area contributed by atoms with E-state index < -0.39 is 0 Å². The van der Waals surface area contributed by atoms with E-state index in [0.717, 1.165) is 29.0 Å². The molecule has 2 aromatic heterocycles. The minimum atomic E-state index is 0.647. The predicted molar refractivity (Wildman–Crippen MR) is 57.5 cm³/mol. The van der Waals surface area contributed by atoms with Crippen molar-refractivity contribution in [3.8, 4) is 6.07 Å². The Morgan fingerprint density at radius 3 is 2.67 bits per heavy atom. The van der Waals surface area contributed by atoms with Gasteiger partial charge in [-0.3, -0.25) is 0 Å². The van der Waals surface area contributed by atoms with Gasteiger partial charge in [-0.2, -0.15) is 5.26 Å². The summed E-state index contributed by atoms with van der Waals surface area (Å²) >= 11 is 0. The highest BCUT2D eigenvalue weighted by Gasteiger charge is 2.11. The van der Waals surface area contributed by atoms with Gasteiger partial charge in [0.1, 0.15) is 11.9 Å². The standard InChI is InChI=1S/C11H12N4/c1-4-9-14-10-6(2)8(5-12)7(3)13-11(10)15-9/h4H2,1-3H3,(H,13,14,15). The van der Waals surface area contributed by atoms with Crippen LogP contribution in [0.2, 0.25) is 0 Å². The highest BCUT2D eigenvalue weighted by molar-refractivity contribution is 5.77. The number of imidazole rings is 1. The van der Waals surface area contributed by atoms with Gasteiger partial charge in [0.15, 0.2) is 5.65 Å². The Hall–Kier alpha value is -1.89. The van der Waals surface area contributed by atoms with Crippen molar-refractivity contribution in [3.63, 3.8) is 0 Å². The number of nitriles is 1. The molecule has 1 N–H and O–H groups in total. The molecule has 76 valence electrons. The van der Waals surface area contributed by atoms with Gasteiger partial charge >= 0.3 is 0 Å². The van der Waals surface area contributed by atoms with Crippen LogP contribution in [0.25, 0.3) is 11.2 Å². The van der Waals surface area contributed by atoms with Crippen molar-refractivity contribution in [2.45, 2.75) is 27.2 Å². The maximum atomic E-state index is 9.00. The van der Waals surface area contributed by atoms with Gasteiger partial charge in [0.25, 0.3) is 0 Å². The van der Waals surface area contributed by atoms with Gasteiger partial charge in [-0.05, 0) is 19.4 Å². The van der Waals surface area contributed by atoms with Gasteiger partial charge in [0.2, 0.25) is 0 Å². The Bertz CT molecular complexity index is 560. The maximum absolute atomic E-state index is 9.00.